The minimum Gasteiger partial charge on any atom is -0.280 e. The van der Waals surface area contributed by atoms with E-state index in [9.17, 15) is 13.2 Å². The van der Waals surface area contributed by atoms with Crippen LogP contribution >= 0.6 is 0 Å². The van der Waals surface area contributed by atoms with Gasteiger partial charge in [-0.3, -0.25) is 5.32 Å². The zero-order valence-corrected chi connectivity index (χ0v) is 8.67. The van der Waals surface area contributed by atoms with Gasteiger partial charge in [0.15, 0.2) is 0 Å². The van der Waals surface area contributed by atoms with Gasteiger partial charge < -0.3 is 0 Å². The van der Waals surface area contributed by atoms with Crippen LogP contribution in [0.4, 0.5) is 13.2 Å². The predicted molar refractivity (Wildman–Crippen MR) is 54.7 cm³/mol. The van der Waals surface area contributed by atoms with Gasteiger partial charge in [0, 0.05) is 19.6 Å². The Morgan fingerprint density at radius 3 is 2.69 bits per heavy atom. The summed E-state index contributed by atoms with van der Waals surface area (Å²) in [6, 6.07) is 5.45. The molecule has 0 spiro atoms. The first-order valence-corrected chi connectivity index (χ1v) is 5.15. The SMILES string of the molecule is FC1NCCN(Cc2ccccc2)C1(F)F. The average molecular weight is 230 g/mol. The van der Waals surface area contributed by atoms with Crippen molar-refractivity contribution in [3.05, 3.63) is 35.9 Å². The first kappa shape index (κ1) is 11.4. The van der Waals surface area contributed by atoms with E-state index in [1.54, 1.807) is 24.3 Å². The molecule has 16 heavy (non-hydrogen) atoms. The van der Waals surface area contributed by atoms with Crippen molar-refractivity contribution in [3.8, 4) is 0 Å². The summed E-state index contributed by atoms with van der Waals surface area (Å²) in [5, 5.41) is 2.13. The van der Waals surface area contributed by atoms with Gasteiger partial charge in [-0.25, -0.2) is 9.29 Å². The molecule has 0 saturated carbocycles. The number of nitrogens with one attached hydrogen (secondary N) is 1. The van der Waals surface area contributed by atoms with Crippen LogP contribution in [0.15, 0.2) is 30.3 Å². The van der Waals surface area contributed by atoms with Gasteiger partial charge in [0.1, 0.15) is 0 Å². The first-order chi connectivity index (χ1) is 7.60. The van der Waals surface area contributed by atoms with E-state index in [1.165, 1.54) is 0 Å². The van der Waals surface area contributed by atoms with Gasteiger partial charge >= 0.3 is 6.05 Å². The van der Waals surface area contributed by atoms with E-state index in [-0.39, 0.29) is 19.6 Å². The molecule has 0 bridgehead atoms. The number of halogens is 3. The number of rotatable bonds is 2. The van der Waals surface area contributed by atoms with Crippen molar-refractivity contribution in [1.82, 2.24) is 10.2 Å². The minimum absolute atomic E-state index is 0.0654. The van der Waals surface area contributed by atoms with Gasteiger partial charge in [0.25, 0.3) is 0 Å². The summed E-state index contributed by atoms with van der Waals surface area (Å²) in [5.74, 6) is 0. The number of alkyl halides is 3. The maximum Gasteiger partial charge on any atom is 0.349 e. The van der Waals surface area contributed by atoms with Gasteiger partial charge in [0.2, 0.25) is 6.30 Å². The van der Waals surface area contributed by atoms with Crippen molar-refractivity contribution in [2.45, 2.75) is 18.9 Å². The van der Waals surface area contributed by atoms with E-state index < -0.39 is 12.3 Å². The van der Waals surface area contributed by atoms with Crippen molar-refractivity contribution in [1.29, 1.82) is 0 Å². The van der Waals surface area contributed by atoms with Gasteiger partial charge in [0.05, 0.1) is 0 Å². The van der Waals surface area contributed by atoms with Gasteiger partial charge in [-0.1, -0.05) is 30.3 Å². The lowest BCUT2D eigenvalue weighted by Gasteiger charge is -2.37. The standard InChI is InChI=1S/C11H13F3N2/c12-10-11(13,14)16(7-6-15-10)8-9-4-2-1-3-5-9/h1-5,10,15H,6-8H2. The number of hydrogen-bond acceptors (Lipinski definition) is 2. The Labute approximate surface area is 92.1 Å². The predicted octanol–water partition coefficient (Wildman–Crippen LogP) is 1.98. The zero-order valence-electron chi connectivity index (χ0n) is 8.67. The molecule has 1 aromatic carbocycles. The van der Waals surface area contributed by atoms with Crippen LogP contribution in [0.25, 0.3) is 0 Å². The Hall–Kier alpha value is -1.07. The molecule has 1 aliphatic rings. The Morgan fingerprint density at radius 1 is 1.31 bits per heavy atom. The minimum atomic E-state index is -3.44. The molecule has 0 aliphatic carbocycles. The van der Waals surface area contributed by atoms with Crippen LogP contribution in [0.3, 0.4) is 0 Å². The molecular weight excluding hydrogens is 217 g/mol. The van der Waals surface area contributed by atoms with E-state index in [0.717, 1.165) is 10.5 Å². The molecule has 5 heteroatoms. The smallest absolute Gasteiger partial charge is 0.280 e. The second kappa shape index (κ2) is 4.43. The molecule has 2 rings (SSSR count). The second-order valence-electron chi connectivity index (χ2n) is 3.81. The van der Waals surface area contributed by atoms with Crippen molar-refractivity contribution in [2.24, 2.45) is 0 Å². The highest BCUT2D eigenvalue weighted by Gasteiger charge is 2.48. The first-order valence-electron chi connectivity index (χ1n) is 5.15. The lowest BCUT2D eigenvalue weighted by atomic mass is 10.2. The Balaban J connectivity index is 2.09. The Morgan fingerprint density at radius 2 is 2.00 bits per heavy atom. The lowest BCUT2D eigenvalue weighted by molar-refractivity contribution is -0.219. The molecule has 1 aromatic rings. The molecular formula is C11H13F3N2. The third kappa shape index (κ3) is 2.20. The molecule has 0 radical (unpaired) electrons. The van der Waals surface area contributed by atoms with Crippen molar-refractivity contribution in [3.63, 3.8) is 0 Å². The molecule has 0 aromatic heterocycles. The fourth-order valence-electron chi connectivity index (χ4n) is 1.75. The summed E-state index contributed by atoms with van der Waals surface area (Å²) in [6.45, 7) is 0.446. The normalized spacial score (nSPS) is 25.6. The summed E-state index contributed by atoms with van der Waals surface area (Å²) < 4.78 is 39.9. The van der Waals surface area contributed by atoms with Crippen LogP contribution in [0.2, 0.25) is 0 Å². The van der Waals surface area contributed by atoms with E-state index in [0.29, 0.717) is 0 Å². The van der Waals surface area contributed by atoms with E-state index in [1.807, 2.05) is 6.07 Å². The van der Waals surface area contributed by atoms with Gasteiger partial charge in [-0.15, -0.1) is 0 Å². The van der Waals surface area contributed by atoms with Crippen LogP contribution in [0.1, 0.15) is 5.56 Å². The van der Waals surface area contributed by atoms with Crippen molar-refractivity contribution in [2.75, 3.05) is 13.1 Å². The Kier molecular flexibility index (Phi) is 3.16. The molecule has 1 unspecified atom stereocenters. The highest BCUT2D eigenvalue weighted by molar-refractivity contribution is 5.14. The van der Waals surface area contributed by atoms with E-state index >= 15 is 0 Å². The summed E-state index contributed by atoms with van der Waals surface area (Å²) >= 11 is 0. The quantitative estimate of drug-likeness (QED) is 0.781. The summed E-state index contributed by atoms with van der Waals surface area (Å²) in [7, 11) is 0. The van der Waals surface area contributed by atoms with Crippen LogP contribution in [-0.4, -0.2) is 30.3 Å². The van der Waals surface area contributed by atoms with E-state index in [2.05, 4.69) is 5.32 Å². The third-order valence-corrected chi connectivity index (χ3v) is 2.65. The molecule has 1 heterocycles. The molecule has 0 amide bonds. The van der Waals surface area contributed by atoms with Crippen LogP contribution in [-0.2, 0) is 6.54 Å². The number of piperazine rings is 1. The van der Waals surface area contributed by atoms with Gasteiger partial charge in [-0.2, -0.15) is 8.78 Å². The molecule has 1 atom stereocenters. The highest BCUT2D eigenvalue weighted by Crippen LogP contribution is 2.28. The average Bonchev–Trinajstić information content (AvgIpc) is 2.27. The maximum atomic E-state index is 13.4. The largest absolute Gasteiger partial charge is 0.349 e. The number of benzene rings is 1. The zero-order chi connectivity index (χ0) is 11.6. The highest BCUT2D eigenvalue weighted by atomic mass is 19.3. The van der Waals surface area contributed by atoms with Crippen LogP contribution in [0, 0.1) is 0 Å². The molecule has 88 valence electrons. The summed E-state index contributed by atoms with van der Waals surface area (Å²) in [6.07, 6.45) is -2.29. The fraction of sp³-hybridized carbons (Fsp3) is 0.455. The fourth-order valence-corrected chi connectivity index (χ4v) is 1.75. The monoisotopic (exact) mass is 230 g/mol. The van der Waals surface area contributed by atoms with Crippen LogP contribution < -0.4 is 5.32 Å². The topological polar surface area (TPSA) is 15.3 Å². The van der Waals surface area contributed by atoms with Crippen molar-refractivity contribution < 1.29 is 13.2 Å². The Bertz CT molecular complexity index is 342. The molecule has 1 N–H and O–H groups in total. The second-order valence-corrected chi connectivity index (χ2v) is 3.81. The number of nitrogens with zero attached hydrogens (tertiary/aromatic N) is 1. The molecule has 2 nitrogen and oxygen atoms in total. The van der Waals surface area contributed by atoms with Gasteiger partial charge in [-0.05, 0) is 5.56 Å². The summed E-state index contributed by atoms with van der Waals surface area (Å²) in [4.78, 5) is 0.865. The van der Waals surface area contributed by atoms with E-state index in [4.69, 9.17) is 0 Å². The molecule has 1 aliphatic heterocycles. The third-order valence-electron chi connectivity index (χ3n) is 2.65. The lowest BCUT2D eigenvalue weighted by Crippen LogP contribution is -2.60. The summed E-state index contributed by atoms with van der Waals surface area (Å²) in [5.41, 5.74) is 0.760. The molecule has 1 fully saturated rings. The van der Waals surface area contributed by atoms with Crippen LogP contribution in [0.5, 0.6) is 0 Å². The number of hydrogen-bond donors (Lipinski definition) is 1. The maximum absolute atomic E-state index is 13.4. The molecule has 1 saturated heterocycles. The van der Waals surface area contributed by atoms with Crippen molar-refractivity contribution >= 4 is 0 Å².